The molecule has 15 heavy (non-hydrogen) atoms. The summed E-state index contributed by atoms with van der Waals surface area (Å²) in [5.41, 5.74) is 2.27. The standard InChI is InChI=1S/C14H14O/c1-2-11-9-6-10-13(15)14(11)12-7-4-3-5-8-12/h2-10,14-15H,1H3. The molecule has 0 saturated carbocycles. The third kappa shape index (κ3) is 1.86. The zero-order chi connectivity index (χ0) is 10.7. The smallest absolute Gasteiger partial charge is 0.104 e. The van der Waals surface area contributed by atoms with Crippen LogP contribution in [-0.2, 0) is 0 Å². The van der Waals surface area contributed by atoms with Gasteiger partial charge in [-0.2, -0.15) is 0 Å². The predicted molar refractivity (Wildman–Crippen MR) is 62.8 cm³/mol. The molecule has 1 N–H and O–H groups in total. The zero-order valence-electron chi connectivity index (χ0n) is 8.72. The molecule has 0 saturated heterocycles. The second-order valence-electron chi connectivity index (χ2n) is 3.58. The molecule has 0 fully saturated rings. The van der Waals surface area contributed by atoms with Gasteiger partial charge in [0.2, 0.25) is 0 Å². The van der Waals surface area contributed by atoms with E-state index in [-0.39, 0.29) is 5.92 Å². The minimum Gasteiger partial charge on any atom is -0.511 e. The normalized spacial score (nSPS) is 22.9. The van der Waals surface area contributed by atoms with Crippen molar-refractivity contribution in [1.82, 2.24) is 0 Å². The lowest BCUT2D eigenvalue weighted by molar-refractivity contribution is 0.380. The lowest BCUT2D eigenvalue weighted by Crippen LogP contribution is -2.06. The van der Waals surface area contributed by atoms with E-state index < -0.39 is 0 Å². The van der Waals surface area contributed by atoms with Crippen LogP contribution in [0.25, 0.3) is 0 Å². The van der Waals surface area contributed by atoms with Crippen LogP contribution in [0, 0.1) is 0 Å². The molecule has 1 aliphatic rings. The van der Waals surface area contributed by atoms with Crippen LogP contribution in [0.3, 0.4) is 0 Å². The molecule has 1 unspecified atom stereocenters. The third-order valence-corrected chi connectivity index (χ3v) is 2.65. The molecule has 2 rings (SSSR count). The first kappa shape index (κ1) is 9.78. The van der Waals surface area contributed by atoms with E-state index in [1.54, 1.807) is 6.08 Å². The molecule has 1 heteroatoms. The monoisotopic (exact) mass is 198 g/mol. The Morgan fingerprint density at radius 1 is 1.20 bits per heavy atom. The summed E-state index contributed by atoms with van der Waals surface area (Å²) < 4.78 is 0. The number of aliphatic hydroxyl groups excluding tert-OH is 1. The fourth-order valence-corrected chi connectivity index (χ4v) is 1.89. The average Bonchev–Trinajstić information content (AvgIpc) is 2.29. The molecule has 76 valence electrons. The SMILES string of the molecule is CC=C1C=CC=C(O)C1c1ccccc1. The number of hydrogen-bond acceptors (Lipinski definition) is 1. The number of allylic oxidation sites excluding steroid dienone is 5. The number of aliphatic hydroxyl groups is 1. The van der Waals surface area contributed by atoms with E-state index in [1.807, 2.05) is 55.5 Å². The topological polar surface area (TPSA) is 20.2 Å². The van der Waals surface area contributed by atoms with Gasteiger partial charge in [-0.1, -0.05) is 48.6 Å². The second kappa shape index (κ2) is 4.18. The fourth-order valence-electron chi connectivity index (χ4n) is 1.89. The summed E-state index contributed by atoms with van der Waals surface area (Å²) in [6.45, 7) is 1.99. The highest BCUT2D eigenvalue weighted by Gasteiger charge is 2.20. The minimum absolute atomic E-state index is 0.00111. The van der Waals surface area contributed by atoms with Gasteiger partial charge in [-0.05, 0) is 24.1 Å². The van der Waals surface area contributed by atoms with E-state index in [9.17, 15) is 5.11 Å². The van der Waals surface area contributed by atoms with Crippen molar-refractivity contribution in [1.29, 1.82) is 0 Å². The molecule has 1 aromatic rings. The van der Waals surface area contributed by atoms with Crippen molar-refractivity contribution in [2.24, 2.45) is 0 Å². The maximum atomic E-state index is 9.89. The Morgan fingerprint density at radius 3 is 2.60 bits per heavy atom. The molecular weight excluding hydrogens is 184 g/mol. The van der Waals surface area contributed by atoms with Crippen molar-refractivity contribution in [2.45, 2.75) is 12.8 Å². The molecule has 0 amide bonds. The molecule has 0 radical (unpaired) electrons. The largest absolute Gasteiger partial charge is 0.511 e. The summed E-state index contributed by atoms with van der Waals surface area (Å²) in [4.78, 5) is 0. The number of hydrogen-bond donors (Lipinski definition) is 1. The highest BCUT2D eigenvalue weighted by atomic mass is 16.3. The van der Waals surface area contributed by atoms with Gasteiger partial charge in [0.25, 0.3) is 0 Å². The molecule has 0 aliphatic heterocycles. The number of rotatable bonds is 1. The Kier molecular flexibility index (Phi) is 2.72. The Labute approximate surface area is 90.1 Å². The summed E-state index contributed by atoms with van der Waals surface area (Å²) in [5.74, 6) is 0.415. The minimum atomic E-state index is 0.00111. The Balaban J connectivity index is 2.43. The van der Waals surface area contributed by atoms with Crippen LogP contribution in [0.5, 0.6) is 0 Å². The molecule has 1 nitrogen and oxygen atoms in total. The molecule has 0 heterocycles. The Bertz CT molecular complexity index is 424. The molecule has 1 atom stereocenters. The van der Waals surface area contributed by atoms with Gasteiger partial charge < -0.3 is 5.11 Å². The zero-order valence-corrected chi connectivity index (χ0v) is 8.72. The van der Waals surface area contributed by atoms with E-state index in [2.05, 4.69) is 0 Å². The predicted octanol–water partition coefficient (Wildman–Crippen LogP) is 3.73. The fraction of sp³-hybridized carbons (Fsp3) is 0.143. The van der Waals surface area contributed by atoms with Crippen LogP contribution >= 0.6 is 0 Å². The van der Waals surface area contributed by atoms with Gasteiger partial charge in [-0.3, -0.25) is 0 Å². The average molecular weight is 198 g/mol. The van der Waals surface area contributed by atoms with Gasteiger partial charge in [0.1, 0.15) is 5.76 Å². The van der Waals surface area contributed by atoms with Crippen molar-refractivity contribution >= 4 is 0 Å². The van der Waals surface area contributed by atoms with Crippen molar-refractivity contribution in [3.8, 4) is 0 Å². The van der Waals surface area contributed by atoms with Crippen molar-refractivity contribution in [3.05, 3.63) is 71.5 Å². The first-order chi connectivity index (χ1) is 7.33. The third-order valence-electron chi connectivity index (χ3n) is 2.65. The lowest BCUT2D eigenvalue weighted by atomic mass is 9.86. The molecule has 1 aromatic carbocycles. The highest BCUT2D eigenvalue weighted by Crippen LogP contribution is 2.33. The van der Waals surface area contributed by atoms with E-state index in [0.29, 0.717) is 5.76 Å². The summed E-state index contributed by atoms with van der Waals surface area (Å²) >= 11 is 0. The highest BCUT2D eigenvalue weighted by molar-refractivity contribution is 5.45. The Morgan fingerprint density at radius 2 is 1.93 bits per heavy atom. The molecular formula is C14H14O. The van der Waals surface area contributed by atoms with Crippen molar-refractivity contribution in [3.63, 3.8) is 0 Å². The number of benzene rings is 1. The Hall–Kier alpha value is -1.76. The van der Waals surface area contributed by atoms with E-state index in [0.717, 1.165) is 11.1 Å². The molecule has 0 bridgehead atoms. The molecule has 1 aliphatic carbocycles. The summed E-state index contributed by atoms with van der Waals surface area (Å²) in [6, 6.07) is 10.1. The first-order valence-corrected chi connectivity index (χ1v) is 5.11. The summed E-state index contributed by atoms with van der Waals surface area (Å²) in [5, 5.41) is 9.89. The molecule has 0 spiro atoms. The second-order valence-corrected chi connectivity index (χ2v) is 3.58. The van der Waals surface area contributed by atoms with Gasteiger partial charge in [0.15, 0.2) is 0 Å². The van der Waals surface area contributed by atoms with Gasteiger partial charge >= 0.3 is 0 Å². The van der Waals surface area contributed by atoms with Crippen LogP contribution < -0.4 is 0 Å². The van der Waals surface area contributed by atoms with Crippen molar-refractivity contribution in [2.75, 3.05) is 0 Å². The van der Waals surface area contributed by atoms with Gasteiger partial charge in [0.05, 0.1) is 5.92 Å². The quantitative estimate of drug-likeness (QED) is 0.729. The maximum Gasteiger partial charge on any atom is 0.104 e. The van der Waals surface area contributed by atoms with Crippen LogP contribution in [0.15, 0.2) is 66.0 Å². The van der Waals surface area contributed by atoms with Crippen molar-refractivity contribution < 1.29 is 5.11 Å². The van der Waals surface area contributed by atoms with Gasteiger partial charge in [-0.25, -0.2) is 0 Å². The first-order valence-electron chi connectivity index (χ1n) is 5.11. The van der Waals surface area contributed by atoms with E-state index in [4.69, 9.17) is 0 Å². The van der Waals surface area contributed by atoms with E-state index >= 15 is 0 Å². The van der Waals surface area contributed by atoms with E-state index in [1.165, 1.54) is 0 Å². The van der Waals surface area contributed by atoms with Crippen LogP contribution in [-0.4, -0.2) is 5.11 Å². The maximum absolute atomic E-state index is 9.89. The van der Waals surface area contributed by atoms with Crippen LogP contribution in [0.4, 0.5) is 0 Å². The van der Waals surface area contributed by atoms with Gasteiger partial charge in [0, 0.05) is 0 Å². The lowest BCUT2D eigenvalue weighted by Gasteiger charge is -2.20. The van der Waals surface area contributed by atoms with Crippen LogP contribution in [0.2, 0.25) is 0 Å². The summed E-state index contributed by atoms with van der Waals surface area (Å²) in [7, 11) is 0. The van der Waals surface area contributed by atoms with Crippen LogP contribution in [0.1, 0.15) is 18.4 Å². The molecule has 0 aromatic heterocycles. The summed E-state index contributed by atoms with van der Waals surface area (Å²) in [6.07, 6.45) is 7.71. The van der Waals surface area contributed by atoms with Gasteiger partial charge in [-0.15, -0.1) is 0 Å².